The number of rotatable bonds is 5. The predicted molar refractivity (Wildman–Crippen MR) is 118 cm³/mol. The number of aryl methyl sites for hydroxylation is 1. The molecule has 7 nitrogen and oxygen atoms in total. The van der Waals surface area contributed by atoms with E-state index >= 15 is 0 Å². The fourth-order valence-electron chi connectivity index (χ4n) is 3.50. The van der Waals surface area contributed by atoms with Crippen LogP contribution in [0.2, 0.25) is 0 Å². The minimum Gasteiger partial charge on any atom is -0.618 e. The lowest BCUT2D eigenvalue weighted by Gasteiger charge is -2.15. The molecule has 0 aliphatic carbocycles. The van der Waals surface area contributed by atoms with Crippen LogP contribution in [0, 0.1) is 17.9 Å². The summed E-state index contributed by atoms with van der Waals surface area (Å²) in [4.78, 5) is 17.2. The first kappa shape index (κ1) is 23.9. The SMILES string of the molecule is Cc1cccc(-c2nn(-c3ccc(F)cn3)cc2C(=O)N[C@H](C)c2ccc(C(F)(F)F)[n+]([O-])c2)c1. The van der Waals surface area contributed by atoms with E-state index in [9.17, 15) is 27.6 Å². The van der Waals surface area contributed by atoms with Gasteiger partial charge in [-0.1, -0.05) is 23.8 Å². The number of nitrogens with zero attached hydrogens (tertiary/aromatic N) is 4. The van der Waals surface area contributed by atoms with Gasteiger partial charge in [0.1, 0.15) is 11.5 Å². The van der Waals surface area contributed by atoms with E-state index in [1.54, 1.807) is 19.1 Å². The second-order valence-corrected chi connectivity index (χ2v) is 7.91. The van der Waals surface area contributed by atoms with Crippen LogP contribution in [0.4, 0.5) is 17.6 Å². The highest BCUT2D eigenvalue weighted by molar-refractivity contribution is 6.00. The van der Waals surface area contributed by atoms with Gasteiger partial charge in [0.05, 0.1) is 17.8 Å². The third kappa shape index (κ3) is 5.13. The van der Waals surface area contributed by atoms with Crippen LogP contribution in [0.3, 0.4) is 0 Å². The highest BCUT2D eigenvalue weighted by Gasteiger charge is 2.39. The molecule has 4 aromatic rings. The Morgan fingerprint density at radius 3 is 2.57 bits per heavy atom. The van der Waals surface area contributed by atoms with E-state index < -0.39 is 29.6 Å². The number of amides is 1. The number of carbonyl (C=O) groups excluding carboxylic acids is 1. The van der Waals surface area contributed by atoms with Crippen molar-refractivity contribution in [3.05, 3.63) is 101 Å². The maximum Gasteiger partial charge on any atom is 0.478 e. The monoisotopic (exact) mass is 485 g/mol. The number of hydrogen-bond donors (Lipinski definition) is 1. The van der Waals surface area contributed by atoms with Gasteiger partial charge in [0.15, 0.2) is 12.0 Å². The molecule has 180 valence electrons. The van der Waals surface area contributed by atoms with Gasteiger partial charge in [-0.25, -0.2) is 14.1 Å². The molecule has 0 aliphatic rings. The number of pyridine rings is 2. The fourth-order valence-corrected chi connectivity index (χ4v) is 3.50. The normalized spacial score (nSPS) is 12.4. The fraction of sp³-hybridized carbons (Fsp3) is 0.167. The Hall–Kier alpha value is -4.28. The Labute approximate surface area is 197 Å². The second-order valence-electron chi connectivity index (χ2n) is 7.91. The number of halogens is 4. The zero-order chi connectivity index (χ0) is 25.3. The third-order valence-electron chi connectivity index (χ3n) is 5.27. The smallest absolute Gasteiger partial charge is 0.478 e. The quantitative estimate of drug-likeness (QED) is 0.256. The summed E-state index contributed by atoms with van der Waals surface area (Å²) in [5.41, 5.74) is 0.906. The maximum atomic E-state index is 13.3. The van der Waals surface area contributed by atoms with Crippen LogP contribution in [-0.4, -0.2) is 20.7 Å². The van der Waals surface area contributed by atoms with Gasteiger partial charge < -0.3 is 10.5 Å². The van der Waals surface area contributed by atoms with Gasteiger partial charge in [0.2, 0.25) is 0 Å². The van der Waals surface area contributed by atoms with Gasteiger partial charge in [0, 0.05) is 23.4 Å². The topological polar surface area (TPSA) is 86.8 Å². The van der Waals surface area contributed by atoms with Gasteiger partial charge >= 0.3 is 6.18 Å². The lowest BCUT2D eigenvalue weighted by Crippen LogP contribution is -2.38. The number of carbonyl (C=O) groups is 1. The Balaban J connectivity index is 1.68. The number of aromatic nitrogens is 4. The van der Waals surface area contributed by atoms with Crippen LogP contribution in [0.5, 0.6) is 0 Å². The molecule has 0 bridgehead atoms. The number of hydrogen-bond acceptors (Lipinski definition) is 4. The van der Waals surface area contributed by atoms with Gasteiger partial charge in [-0.05, 0) is 38.1 Å². The van der Waals surface area contributed by atoms with E-state index in [-0.39, 0.29) is 21.7 Å². The van der Waals surface area contributed by atoms with E-state index in [1.165, 1.54) is 23.0 Å². The molecular weight excluding hydrogens is 466 g/mol. The van der Waals surface area contributed by atoms with Crippen molar-refractivity contribution in [1.82, 2.24) is 20.1 Å². The van der Waals surface area contributed by atoms with E-state index in [4.69, 9.17) is 0 Å². The van der Waals surface area contributed by atoms with Crippen molar-refractivity contribution >= 4 is 5.91 Å². The maximum absolute atomic E-state index is 13.3. The molecule has 1 N–H and O–H groups in total. The van der Waals surface area contributed by atoms with E-state index in [0.717, 1.165) is 24.0 Å². The van der Waals surface area contributed by atoms with Crippen LogP contribution < -0.4 is 10.0 Å². The van der Waals surface area contributed by atoms with Crippen molar-refractivity contribution in [2.75, 3.05) is 0 Å². The zero-order valence-electron chi connectivity index (χ0n) is 18.5. The second kappa shape index (κ2) is 9.16. The number of benzene rings is 1. The van der Waals surface area contributed by atoms with Crippen molar-refractivity contribution in [1.29, 1.82) is 0 Å². The minimum atomic E-state index is -4.79. The molecule has 4 rings (SSSR count). The van der Waals surface area contributed by atoms with Crippen LogP contribution in [0.25, 0.3) is 17.1 Å². The lowest BCUT2D eigenvalue weighted by molar-refractivity contribution is -0.629. The molecule has 1 aromatic carbocycles. The molecule has 0 saturated carbocycles. The molecule has 0 spiro atoms. The summed E-state index contributed by atoms with van der Waals surface area (Å²) in [6.45, 7) is 3.42. The molecule has 3 aromatic heterocycles. The predicted octanol–water partition coefficient (Wildman–Crippen LogP) is 4.53. The van der Waals surface area contributed by atoms with E-state index in [2.05, 4.69) is 15.4 Å². The Kier molecular flexibility index (Phi) is 6.25. The van der Waals surface area contributed by atoms with E-state index in [0.29, 0.717) is 17.3 Å². The number of nitrogens with one attached hydrogen (secondary N) is 1. The van der Waals surface area contributed by atoms with Crippen molar-refractivity contribution in [2.45, 2.75) is 26.1 Å². The molecule has 3 heterocycles. The Morgan fingerprint density at radius 2 is 1.94 bits per heavy atom. The Morgan fingerprint density at radius 1 is 1.17 bits per heavy atom. The van der Waals surface area contributed by atoms with Crippen LogP contribution in [0.1, 0.15) is 40.1 Å². The summed E-state index contributed by atoms with van der Waals surface area (Å²) in [5.74, 6) is -0.819. The van der Waals surface area contributed by atoms with Crippen LogP contribution in [0.15, 0.2) is 67.1 Å². The van der Waals surface area contributed by atoms with E-state index in [1.807, 2.05) is 19.1 Å². The standard InChI is InChI=1S/C24H19F4N5O2/c1-14-4-3-5-16(10-14)22-19(13-32(31-22)21-9-7-18(25)11-29-21)23(34)30-15(2)17-6-8-20(24(26,27)28)33(35)12-17/h3-13,15H,1-2H3,(H,30,34)/t15-/m1/s1. The largest absolute Gasteiger partial charge is 0.618 e. The Bertz CT molecular complexity index is 1380. The van der Waals surface area contributed by atoms with Crippen molar-refractivity contribution in [3.63, 3.8) is 0 Å². The molecule has 0 aliphatic heterocycles. The van der Waals surface area contributed by atoms with Gasteiger partial charge in [-0.15, -0.1) is 0 Å². The first-order valence-corrected chi connectivity index (χ1v) is 10.4. The van der Waals surface area contributed by atoms with Crippen molar-refractivity contribution in [3.8, 4) is 17.1 Å². The molecule has 11 heteroatoms. The summed E-state index contributed by atoms with van der Waals surface area (Å²) < 4.78 is 53.0. The third-order valence-corrected chi connectivity index (χ3v) is 5.27. The molecule has 0 fully saturated rings. The van der Waals surface area contributed by atoms with Gasteiger partial charge in [-0.2, -0.15) is 23.0 Å². The van der Waals surface area contributed by atoms with Crippen molar-refractivity contribution in [2.24, 2.45) is 0 Å². The molecule has 1 atom stereocenters. The summed E-state index contributed by atoms with van der Waals surface area (Å²) in [6.07, 6.45) is -1.56. The first-order chi connectivity index (χ1) is 16.5. The minimum absolute atomic E-state index is 0.162. The highest BCUT2D eigenvalue weighted by atomic mass is 19.4. The van der Waals surface area contributed by atoms with Crippen LogP contribution >= 0.6 is 0 Å². The molecule has 1 amide bonds. The summed E-state index contributed by atoms with van der Waals surface area (Å²) in [5, 5.41) is 19.0. The number of alkyl halides is 3. The molecule has 35 heavy (non-hydrogen) atoms. The average Bonchev–Trinajstić information content (AvgIpc) is 3.24. The molecule has 0 radical (unpaired) electrons. The van der Waals surface area contributed by atoms with Crippen molar-refractivity contribution < 1.29 is 27.1 Å². The van der Waals surface area contributed by atoms with Gasteiger partial charge in [-0.3, -0.25) is 4.79 Å². The molecule has 0 saturated heterocycles. The van der Waals surface area contributed by atoms with Crippen LogP contribution in [-0.2, 0) is 6.18 Å². The lowest BCUT2D eigenvalue weighted by atomic mass is 10.0. The zero-order valence-corrected chi connectivity index (χ0v) is 18.5. The summed E-state index contributed by atoms with van der Waals surface area (Å²) in [7, 11) is 0. The molecular formula is C24H19F4N5O2. The molecule has 0 unspecified atom stereocenters. The highest BCUT2D eigenvalue weighted by Crippen LogP contribution is 2.28. The van der Waals surface area contributed by atoms with Gasteiger partial charge in [0.25, 0.3) is 11.6 Å². The summed E-state index contributed by atoms with van der Waals surface area (Å²) in [6, 6.07) is 10.9. The first-order valence-electron chi connectivity index (χ1n) is 10.4. The summed E-state index contributed by atoms with van der Waals surface area (Å²) >= 11 is 0. The average molecular weight is 485 g/mol.